The van der Waals surface area contributed by atoms with Crippen LogP contribution in [0.5, 0.6) is 0 Å². The van der Waals surface area contributed by atoms with Crippen molar-refractivity contribution >= 4 is 11.3 Å². The summed E-state index contributed by atoms with van der Waals surface area (Å²) in [6, 6.07) is 4.21. The van der Waals surface area contributed by atoms with Crippen molar-refractivity contribution in [2.24, 2.45) is 11.3 Å². The lowest BCUT2D eigenvalue weighted by Crippen LogP contribution is -2.38. The number of hydrogen-bond donors (Lipinski definition) is 1. The summed E-state index contributed by atoms with van der Waals surface area (Å²) < 4.78 is 0. The Morgan fingerprint density at radius 2 is 2.00 bits per heavy atom. The summed E-state index contributed by atoms with van der Waals surface area (Å²) in [7, 11) is 0. The minimum Gasteiger partial charge on any atom is -0.390 e. The topological polar surface area (TPSA) is 20.2 Å². The molecular formula is C15H24OS. The van der Waals surface area contributed by atoms with Crippen molar-refractivity contribution < 1.29 is 5.11 Å². The van der Waals surface area contributed by atoms with E-state index in [0.29, 0.717) is 5.41 Å². The van der Waals surface area contributed by atoms with Crippen LogP contribution in [0.1, 0.15) is 51.3 Å². The molecule has 0 atom stereocenters. The first-order chi connectivity index (χ1) is 7.89. The highest BCUT2D eigenvalue weighted by molar-refractivity contribution is 7.09. The zero-order chi connectivity index (χ0) is 12.5. The largest absolute Gasteiger partial charge is 0.390 e. The summed E-state index contributed by atoms with van der Waals surface area (Å²) in [6.45, 7) is 6.96. The van der Waals surface area contributed by atoms with Gasteiger partial charge in [-0.15, -0.1) is 11.3 Å². The average Bonchev–Trinajstić information content (AvgIpc) is 2.68. The number of rotatable bonds is 2. The van der Waals surface area contributed by atoms with E-state index in [1.807, 2.05) is 0 Å². The van der Waals surface area contributed by atoms with Crippen LogP contribution in [0.2, 0.25) is 0 Å². The van der Waals surface area contributed by atoms with Crippen molar-refractivity contribution in [1.29, 1.82) is 0 Å². The van der Waals surface area contributed by atoms with Crippen LogP contribution in [0.4, 0.5) is 0 Å². The zero-order valence-corrected chi connectivity index (χ0v) is 12.0. The maximum absolute atomic E-state index is 10.6. The average molecular weight is 252 g/mol. The Bertz CT molecular complexity index is 339. The van der Waals surface area contributed by atoms with E-state index in [9.17, 15) is 5.11 Å². The van der Waals surface area contributed by atoms with Gasteiger partial charge in [0.05, 0.1) is 5.60 Å². The fourth-order valence-electron chi connectivity index (χ4n) is 2.94. The molecule has 1 saturated carbocycles. The van der Waals surface area contributed by atoms with E-state index in [1.165, 1.54) is 17.7 Å². The molecule has 0 bridgehead atoms. The minimum atomic E-state index is -0.438. The van der Waals surface area contributed by atoms with Crippen LogP contribution in [0.25, 0.3) is 0 Å². The maximum Gasteiger partial charge on any atom is 0.0696 e. The van der Waals surface area contributed by atoms with Crippen LogP contribution >= 0.6 is 11.3 Å². The zero-order valence-electron chi connectivity index (χ0n) is 11.2. The molecule has 0 saturated heterocycles. The van der Waals surface area contributed by atoms with Gasteiger partial charge in [-0.05, 0) is 48.5 Å². The summed E-state index contributed by atoms with van der Waals surface area (Å²) in [5.74, 6) is 0.770. The first kappa shape index (κ1) is 13.1. The SMILES string of the molecule is CC(C)(C)C1CCC(O)(Cc2cccs2)CC1. The van der Waals surface area contributed by atoms with Crippen LogP contribution in [-0.2, 0) is 6.42 Å². The standard InChI is InChI=1S/C15H24OS/c1-14(2,3)12-6-8-15(16,9-7-12)11-13-5-4-10-17-13/h4-5,10,12,16H,6-9,11H2,1-3H3. The fourth-order valence-corrected chi connectivity index (χ4v) is 3.78. The number of thiophene rings is 1. The van der Waals surface area contributed by atoms with E-state index in [0.717, 1.165) is 25.2 Å². The Kier molecular flexibility index (Phi) is 3.65. The van der Waals surface area contributed by atoms with Crippen molar-refractivity contribution in [2.45, 2.75) is 58.5 Å². The predicted octanol–water partition coefficient (Wildman–Crippen LogP) is 4.26. The van der Waals surface area contributed by atoms with Crippen molar-refractivity contribution in [2.75, 3.05) is 0 Å². The van der Waals surface area contributed by atoms with Gasteiger partial charge in [0.2, 0.25) is 0 Å². The van der Waals surface area contributed by atoms with Crippen LogP contribution < -0.4 is 0 Å². The van der Waals surface area contributed by atoms with Crippen molar-refractivity contribution in [3.05, 3.63) is 22.4 Å². The van der Waals surface area contributed by atoms with Gasteiger partial charge in [-0.3, -0.25) is 0 Å². The van der Waals surface area contributed by atoms with Crippen LogP contribution in [-0.4, -0.2) is 10.7 Å². The fraction of sp³-hybridized carbons (Fsp3) is 0.733. The first-order valence-corrected chi connectivity index (χ1v) is 7.52. The lowest BCUT2D eigenvalue weighted by molar-refractivity contribution is -0.0239. The lowest BCUT2D eigenvalue weighted by Gasteiger charge is -2.41. The van der Waals surface area contributed by atoms with Crippen molar-refractivity contribution in [3.63, 3.8) is 0 Å². The van der Waals surface area contributed by atoms with E-state index in [1.54, 1.807) is 11.3 Å². The van der Waals surface area contributed by atoms with Crippen LogP contribution in [0, 0.1) is 11.3 Å². The molecule has 2 heteroatoms. The minimum absolute atomic E-state index is 0.393. The molecular weight excluding hydrogens is 228 g/mol. The molecule has 0 amide bonds. The van der Waals surface area contributed by atoms with Gasteiger partial charge in [-0.2, -0.15) is 0 Å². The van der Waals surface area contributed by atoms with Crippen molar-refractivity contribution in [1.82, 2.24) is 0 Å². The summed E-state index contributed by atoms with van der Waals surface area (Å²) in [6.07, 6.45) is 5.12. The lowest BCUT2D eigenvalue weighted by atomic mass is 9.67. The van der Waals surface area contributed by atoms with Gasteiger partial charge in [0.25, 0.3) is 0 Å². The Hall–Kier alpha value is -0.340. The molecule has 0 spiro atoms. The highest BCUT2D eigenvalue weighted by Gasteiger charge is 2.37. The Morgan fingerprint density at radius 1 is 1.35 bits per heavy atom. The molecule has 2 rings (SSSR count). The van der Waals surface area contributed by atoms with E-state index in [4.69, 9.17) is 0 Å². The molecule has 1 nitrogen and oxygen atoms in total. The third-order valence-corrected chi connectivity index (χ3v) is 5.10. The molecule has 0 aliphatic heterocycles. The second-order valence-electron chi connectivity index (χ2n) is 6.62. The molecule has 0 unspecified atom stereocenters. The molecule has 1 aliphatic rings. The number of aliphatic hydroxyl groups is 1. The van der Waals surface area contributed by atoms with E-state index in [2.05, 4.69) is 38.3 Å². The normalized spacial score (nSPS) is 30.5. The quantitative estimate of drug-likeness (QED) is 0.834. The predicted molar refractivity (Wildman–Crippen MR) is 74.4 cm³/mol. The summed E-state index contributed by atoms with van der Waals surface area (Å²) >= 11 is 1.76. The van der Waals surface area contributed by atoms with Gasteiger partial charge < -0.3 is 5.11 Å². The van der Waals surface area contributed by atoms with Gasteiger partial charge in [-0.1, -0.05) is 26.8 Å². The van der Waals surface area contributed by atoms with Gasteiger partial charge >= 0.3 is 0 Å². The molecule has 1 fully saturated rings. The summed E-state index contributed by atoms with van der Waals surface area (Å²) in [5.41, 5.74) is -0.0448. The second-order valence-corrected chi connectivity index (χ2v) is 7.65. The van der Waals surface area contributed by atoms with Crippen molar-refractivity contribution in [3.8, 4) is 0 Å². The smallest absolute Gasteiger partial charge is 0.0696 e. The second kappa shape index (κ2) is 4.74. The van der Waals surface area contributed by atoms with Crippen LogP contribution in [0.3, 0.4) is 0 Å². The highest BCUT2D eigenvalue weighted by atomic mass is 32.1. The maximum atomic E-state index is 10.6. The van der Waals surface area contributed by atoms with E-state index >= 15 is 0 Å². The molecule has 0 radical (unpaired) electrons. The molecule has 1 heterocycles. The molecule has 96 valence electrons. The monoisotopic (exact) mass is 252 g/mol. The Balaban J connectivity index is 1.93. The van der Waals surface area contributed by atoms with E-state index in [-0.39, 0.29) is 0 Å². The third-order valence-electron chi connectivity index (χ3n) is 4.22. The molecule has 1 aromatic rings. The molecule has 1 N–H and O–H groups in total. The van der Waals surface area contributed by atoms with Gasteiger partial charge in [0, 0.05) is 11.3 Å². The third kappa shape index (κ3) is 3.32. The number of hydrogen-bond acceptors (Lipinski definition) is 2. The van der Waals surface area contributed by atoms with E-state index < -0.39 is 5.60 Å². The van der Waals surface area contributed by atoms with Crippen LogP contribution in [0.15, 0.2) is 17.5 Å². The summed E-state index contributed by atoms with van der Waals surface area (Å²) in [5, 5.41) is 12.7. The summed E-state index contributed by atoms with van der Waals surface area (Å²) in [4.78, 5) is 1.32. The Labute approximate surface area is 109 Å². The molecule has 0 aromatic carbocycles. The first-order valence-electron chi connectivity index (χ1n) is 6.64. The highest BCUT2D eigenvalue weighted by Crippen LogP contribution is 2.42. The van der Waals surface area contributed by atoms with Gasteiger partial charge in [0.1, 0.15) is 0 Å². The van der Waals surface area contributed by atoms with Gasteiger partial charge in [0.15, 0.2) is 0 Å². The molecule has 17 heavy (non-hydrogen) atoms. The van der Waals surface area contributed by atoms with Gasteiger partial charge in [-0.25, -0.2) is 0 Å². The Morgan fingerprint density at radius 3 is 2.47 bits per heavy atom. The molecule has 1 aromatic heterocycles. The molecule has 1 aliphatic carbocycles.